The summed E-state index contributed by atoms with van der Waals surface area (Å²) < 4.78 is 34.5. The Labute approximate surface area is 457 Å². The molecule has 0 rings (SSSR count). The minimum atomic E-state index is -4.39. The topological polar surface area (TPSA) is 108 Å². The number of carbonyl (C=O) groups excluding carboxylic acids is 2. The van der Waals surface area contributed by atoms with Crippen LogP contribution in [0.1, 0.15) is 284 Å². The number of phosphoric acid groups is 1. The van der Waals surface area contributed by atoms with Gasteiger partial charge in [0.15, 0.2) is 6.10 Å². The molecule has 0 saturated heterocycles. The predicted molar refractivity (Wildman–Crippen MR) is 316 cm³/mol. The fraction of sp³-hybridized carbons (Fsp3) is 0.812. The second-order valence-electron chi connectivity index (χ2n) is 22.1. The number of hydrogen-bond donors (Lipinski definition) is 1. The number of allylic oxidation sites excluding steroid dienone is 10. The Bertz CT molecular complexity index is 1430. The van der Waals surface area contributed by atoms with E-state index >= 15 is 0 Å². The van der Waals surface area contributed by atoms with Crippen molar-refractivity contribution in [1.29, 1.82) is 0 Å². The molecule has 0 aliphatic carbocycles. The standard InChI is InChI=1S/C64H118NO8P/c1-6-8-10-12-14-16-18-20-22-24-25-26-27-28-29-30-31-32-33-34-35-36-37-38-39-41-42-44-46-48-50-52-54-56-63(66)70-60-62(61-72-74(68,69)71-59-58-65(3,4)5)73-64(67)57-55-53-51-49-47-45-43-40-23-21-19-17-15-13-11-9-7-2/h9,11,15,17,21,23-25,43,45,62H,6-8,10,12-14,16,18-20,22,26-42,44,46-61H2,1-5H3/p+1/b11-9-,17-15-,23-21-,25-24-,45-43-. The first-order chi connectivity index (χ1) is 36.0. The molecule has 1 N–H and O–H groups in total. The van der Waals surface area contributed by atoms with Gasteiger partial charge >= 0.3 is 19.8 Å². The van der Waals surface area contributed by atoms with Gasteiger partial charge in [0.1, 0.15) is 19.8 Å². The molecule has 10 heteroatoms. The molecule has 0 aromatic rings. The summed E-state index contributed by atoms with van der Waals surface area (Å²) in [6, 6.07) is 0. The summed E-state index contributed by atoms with van der Waals surface area (Å²) in [4.78, 5) is 35.7. The van der Waals surface area contributed by atoms with Crippen molar-refractivity contribution < 1.29 is 42.1 Å². The second kappa shape index (κ2) is 55.5. The van der Waals surface area contributed by atoms with E-state index in [1.165, 1.54) is 180 Å². The Morgan fingerprint density at radius 1 is 0.432 bits per heavy atom. The SMILES string of the molecule is CC/C=C\C/C=C\C/C=C\C/C=C\CCCCCCC(=O)OC(COC(=O)CCCCCCCCCCCCCCCCCCCCCCC/C=C\CCCCCCCCCC)COP(=O)(O)OCC[N+](C)(C)C. The highest BCUT2D eigenvalue weighted by Crippen LogP contribution is 2.43. The highest BCUT2D eigenvalue weighted by molar-refractivity contribution is 7.47. The van der Waals surface area contributed by atoms with Crippen molar-refractivity contribution in [2.75, 3.05) is 47.5 Å². The Morgan fingerprint density at radius 2 is 0.770 bits per heavy atom. The predicted octanol–water partition coefficient (Wildman–Crippen LogP) is 19.5. The van der Waals surface area contributed by atoms with Gasteiger partial charge in [-0.2, -0.15) is 0 Å². The molecule has 74 heavy (non-hydrogen) atoms. The van der Waals surface area contributed by atoms with E-state index in [0.29, 0.717) is 17.4 Å². The maximum Gasteiger partial charge on any atom is 0.472 e. The first kappa shape index (κ1) is 71.7. The van der Waals surface area contributed by atoms with Gasteiger partial charge in [0.05, 0.1) is 27.7 Å². The summed E-state index contributed by atoms with van der Waals surface area (Å²) in [5, 5.41) is 0. The maximum absolute atomic E-state index is 12.8. The van der Waals surface area contributed by atoms with Crippen LogP contribution >= 0.6 is 7.82 Å². The minimum absolute atomic E-state index is 0.0256. The fourth-order valence-electron chi connectivity index (χ4n) is 8.77. The second-order valence-corrected chi connectivity index (χ2v) is 23.5. The van der Waals surface area contributed by atoms with E-state index in [2.05, 4.69) is 74.6 Å². The van der Waals surface area contributed by atoms with Crippen molar-refractivity contribution in [2.24, 2.45) is 0 Å². The number of ether oxygens (including phenoxy) is 2. The van der Waals surface area contributed by atoms with Crippen LogP contribution in [0.5, 0.6) is 0 Å². The number of quaternary nitrogens is 1. The smallest absolute Gasteiger partial charge is 0.462 e. The summed E-state index contributed by atoms with van der Waals surface area (Å²) in [5.41, 5.74) is 0. The van der Waals surface area contributed by atoms with Crippen molar-refractivity contribution in [3.63, 3.8) is 0 Å². The first-order valence-corrected chi connectivity index (χ1v) is 32.5. The Balaban J connectivity index is 4.01. The van der Waals surface area contributed by atoms with Gasteiger partial charge in [-0.25, -0.2) is 4.57 Å². The van der Waals surface area contributed by atoms with Crippen LogP contribution in [0.2, 0.25) is 0 Å². The van der Waals surface area contributed by atoms with Crippen LogP contribution < -0.4 is 0 Å². The van der Waals surface area contributed by atoms with Crippen LogP contribution in [0, 0.1) is 0 Å². The van der Waals surface area contributed by atoms with Gasteiger partial charge in [-0.15, -0.1) is 0 Å². The molecule has 2 unspecified atom stereocenters. The molecular weight excluding hydrogens is 942 g/mol. The molecular formula is C64H119NO8P+. The molecule has 0 spiro atoms. The number of likely N-dealkylation sites (N-methyl/N-ethyl adjacent to an activating group) is 1. The van der Waals surface area contributed by atoms with E-state index < -0.39 is 26.5 Å². The monoisotopic (exact) mass is 1060 g/mol. The molecule has 0 aliphatic rings. The number of hydrogen-bond acceptors (Lipinski definition) is 7. The Kier molecular flexibility index (Phi) is 53.7. The normalized spacial score (nSPS) is 13.6. The van der Waals surface area contributed by atoms with Crippen LogP contribution in [-0.4, -0.2) is 74.9 Å². The molecule has 0 aliphatic heterocycles. The Hall–Kier alpha value is -2.29. The summed E-state index contributed by atoms with van der Waals surface area (Å²) in [6.07, 6.45) is 71.8. The molecule has 432 valence electrons. The van der Waals surface area contributed by atoms with E-state index in [1.54, 1.807) is 0 Å². The van der Waals surface area contributed by atoms with E-state index in [9.17, 15) is 19.0 Å². The van der Waals surface area contributed by atoms with Gasteiger partial charge < -0.3 is 18.9 Å². The van der Waals surface area contributed by atoms with Crippen molar-refractivity contribution in [1.82, 2.24) is 0 Å². The minimum Gasteiger partial charge on any atom is -0.462 e. The fourth-order valence-corrected chi connectivity index (χ4v) is 9.51. The number of unbranched alkanes of at least 4 members (excludes halogenated alkanes) is 33. The third-order valence-corrected chi connectivity index (χ3v) is 14.5. The van der Waals surface area contributed by atoms with E-state index in [0.717, 1.165) is 70.6 Å². The van der Waals surface area contributed by atoms with Gasteiger partial charge in [0.25, 0.3) is 0 Å². The third-order valence-electron chi connectivity index (χ3n) is 13.5. The van der Waals surface area contributed by atoms with Gasteiger partial charge in [-0.1, -0.05) is 254 Å². The lowest BCUT2D eigenvalue weighted by molar-refractivity contribution is -0.870. The number of carbonyl (C=O) groups is 2. The van der Waals surface area contributed by atoms with Crippen molar-refractivity contribution >= 4 is 19.8 Å². The Morgan fingerprint density at radius 3 is 1.16 bits per heavy atom. The molecule has 0 heterocycles. The molecule has 2 atom stereocenters. The molecule has 0 radical (unpaired) electrons. The van der Waals surface area contributed by atoms with Crippen LogP contribution in [0.15, 0.2) is 60.8 Å². The molecule has 0 saturated carbocycles. The van der Waals surface area contributed by atoms with Crippen LogP contribution in [-0.2, 0) is 32.7 Å². The zero-order valence-corrected chi connectivity index (χ0v) is 50.0. The van der Waals surface area contributed by atoms with Crippen molar-refractivity contribution in [2.45, 2.75) is 290 Å². The maximum atomic E-state index is 12.8. The lowest BCUT2D eigenvalue weighted by Crippen LogP contribution is -2.37. The highest BCUT2D eigenvalue weighted by Gasteiger charge is 2.27. The summed E-state index contributed by atoms with van der Waals surface area (Å²) in [7, 11) is 1.46. The van der Waals surface area contributed by atoms with Gasteiger partial charge in [0.2, 0.25) is 0 Å². The summed E-state index contributed by atoms with van der Waals surface area (Å²) >= 11 is 0. The van der Waals surface area contributed by atoms with Gasteiger partial charge in [-0.05, 0) is 77.0 Å². The number of nitrogens with zero attached hydrogens (tertiary/aromatic N) is 1. The molecule has 0 aromatic carbocycles. The van der Waals surface area contributed by atoms with E-state index in [-0.39, 0.29) is 32.0 Å². The number of rotatable bonds is 57. The quantitative estimate of drug-likeness (QED) is 0.0211. The largest absolute Gasteiger partial charge is 0.472 e. The average Bonchev–Trinajstić information content (AvgIpc) is 3.36. The lowest BCUT2D eigenvalue weighted by atomic mass is 10.0. The van der Waals surface area contributed by atoms with E-state index in [1.807, 2.05) is 21.1 Å². The van der Waals surface area contributed by atoms with Gasteiger partial charge in [0, 0.05) is 12.8 Å². The number of phosphoric ester groups is 1. The molecule has 0 fully saturated rings. The van der Waals surface area contributed by atoms with E-state index in [4.69, 9.17) is 18.5 Å². The van der Waals surface area contributed by atoms with Crippen molar-refractivity contribution in [3.8, 4) is 0 Å². The molecule has 0 amide bonds. The molecule has 0 bridgehead atoms. The highest BCUT2D eigenvalue weighted by atomic mass is 31.2. The molecule has 9 nitrogen and oxygen atoms in total. The first-order valence-electron chi connectivity index (χ1n) is 31.0. The average molecular weight is 1060 g/mol. The van der Waals surface area contributed by atoms with Crippen LogP contribution in [0.4, 0.5) is 0 Å². The summed E-state index contributed by atoms with van der Waals surface area (Å²) in [6.45, 7) is 4.32. The lowest BCUT2D eigenvalue weighted by Gasteiger charge is -2.24. The zero-order chi connectivity index (χ0) is 54.2. The molecule has 0 aromatic heterocycles. The van der Waals surface area contributed by atoms with Gasteiger partial charge in [-0.3, -0.25) is 18.6 Å². The van der Waals surface area contributed by atoms with Crippen LogP contribution in [0.3, 0.4) is 0 Å². The number of esters is 2. The van der Waals surface area contributed by atoms with Crippen molar-refractivity contribution in [3.05, 3.63) is 60.8 Å². The zero-order valence-electron chi connectivity index (χ0n) is 49.1. The van der Waals surface area contributed by atoms with Crippen LogP contribution in [0.25, 0.3) is 0 Å². The third kappa shape index (κ3) is 59.0. The summed E-state index contributed by atoms with van der Waals surface area (Å²) in [5.74, 6) is -0.817.